The third-order valence-electron chi connectivity index (χ3n) is 15.5. The van der Waals surface area contributed by atoms with Crippen molar-refractivity contribution in [2.24, 2.45) is 35.1 Å². The lowest BCUT2D eigenvalue weighted by molar-refractivity contribution is -0.143. The van der Waals surface area contributed by atoms with Gasteiger partial charge in [-0.2, -0.15) is 0 Å². The number of nitrogens with one attached hydrogen (secondary N) is 8. The Morgan fingerprint density at radius 2 is 0.651 bits per heavy atom. The largest absolute Gasteiger partial charge is 0.370 e. The molecule has 0 bridgehead atoms. The maximum absolute atomic E-state index is 15.0. The van der Waals surface area contributed by atoms with Gasteiger partial charge in [-0.25, -0.2) is 0 Å². The number of benzene rings is 2. The first-order chi connectivity index (χ1) is 40.7. The Kier molecular flexibility index (Phi) is 26.5. The normalized spacial score (nSPS) is 25.8. The van der Waals surface area contributed by atoms with Gasteiger partial charge in [-0.15, -0.1) is 0 Å². The number of nitrogens with two attached hydrogens (primary N) is 2. The molecule has 3 aliphatic heterocycles. The quantitative estimate of drug-likeness (QED) is 0.100. The number of carbonyl (C=O) groups is 12. The average molecular weight is 1200 g/mol. The lowest BCUT2D eigenvalue weighted by Gasteiger charge is -2.32. The van der Waals surface area contributed by atoms with E-state index in [4.69, 9.17) is 11.5 Å². The summed E-state index contributed by atoms with van der Waals surface area (Å²) in [5.41, 5.74) is 12.5. The van der Waals surface area contributed by atoms with Gasteiger partial charge in [0.15, 0.2) is 0 Å². The van der Waals surface area contributed by atoms with Crippen molar-refractivity contribution in [2.45, 2.75) is 206 Å². The molecule has 3 fully saturated rings. The van der Waals surface area contributed by atoms with Gasteiger partial charge < -0.3 is 63.8 Å². The lowest BCUT2D eigenvalue weighted by atomic mass is 9.99. The van der Waals surface area contributed by atoms with Gasteiger partial charge in [0.1, 0.15) is 60.4 Å². The highest BCUT2D eigenvalue weighted by Crippen LogP contribution is 2.24. The molecular weight excluding hydrogens is 1100 g/mol. The highest BCUT2D eigenvalue weighted by atomic mass is 16.2. The minimum Gasteiger partial charge on any atom is -0.370 e. The Morgan fingerprint density at radius 3 is 0.930 bits per heavy atom. The summed E-state index contributed by atoms with van der Waals surface area (Å²) in [6.07, 6.45) is -0.00933. The van der Waals surface area contributed by atoms with Gasteiger partial charge in [-0.1, -0.05) is 116 Å². The van der Waals surface area contributed by atoms with Gasteiger partial charge >= 0.3 is 0 Å². The summed E-state index contributed by atoms with van der Waals surface area (Å²) in [4.78, 5) is 174. The van der Waals surface area contributed by atoms with E-state index in [0.29, 0.717) is 24.0 Å². The van der Waals surface area contributed by atoms with E-state index in [9.17, 15) is 57.5 Å². The second-order valence-electron chi connectivity index (χ2n) is 24.8. The summed E-state index contributed by atoms with van der Waals surface area (Å²) in [6.45, 7) is 14.8. The highest BCUT2D eigenvalue weighted by molar-refractivity contribution is 6.00. The van der Waals surface area contributed by atoms with Crippen LogP contribution in [-0.4, -0.2) is 154 Å². The fourth-order valence-electron chi connectivity index (χ4n) is 11.2. The van der Waals surface area contributed by atoms with Crippen molar-refractivity contribution in [3.63, 3.8) is 0 Å². The van der Waals surface area contributed by atoms with Gasteiger partial charge in [0.25, 0.3) is 0 Å². The molecule has 24 heteroatoms. The molecule has 0 aromatic heterocycles. The Bertz CT molecular complexity index is 2530. The molecule has 86 heavy (non-hydrogen) atoms. The van der Waals surface area contributed by atoms with Crippen LogP contribution < -0.4 is 54.0 Å². The predicted molar refractivity (Wildman–Crippen MR) is 320 cm³/mol. The first-order valence-electron chi connectivity index (χ1n) is 30.4. The van der Waals surface area contributed by atoms with Crippen molar-refractivity contribution in [1.29, 1.82) is 0 Å². The minimum absolute atomic E-state index is 0.0350. The lowest BCUT2D eigenvalue weighted by Crippen LogP contribution is -2.61. The van der Waals surface area contributed by atoms with Crippen LogP contribution in [0.5, 0.6) is 0 Å². The fourth-order valence-corrected chi connectivity index (χ4v) is 11.2. The molecule has 24 nitrogen and oxygen atoms in total. The van der Waals surface area contributed by atoms with Crippen LogP contribution in [0.1, 0.15) is 144 Å². The zero-order valence-corrected chi connectivity index (χ0v) is 51.1. The summed E-state index contributed by atoms with van der Waals surface area (Å²) >= 11 is 0. The number of primary amides is 2. The Morgan fingerprint density at radius 1 is 0.395 bits per heavy atom. The zero-order chi connectivity index (χ0) is 63.4. The van der Waals surface area contributed by atoms with E-state index in [1.54, 1.807) is 60.7 Å². The third-order valence-corrected chi connectivity index (χ3v) is 15.5. The number of amides is 12. The molecule has 0 spiro atoms. The van der Waals surface area contributed by atoms with E-state index >= 15 is 0 Å². The standard InChI is InChI=1S/C62H92N12O12/c1-35(2)29-43-57(81)71-47(33-39-17-11-9-12-18-39)61(85)73-27-15-21-49(73)59(83)70-46(32-38(7)8)56(80)66-42(24-26-52(64)76)54(78)68-44(30-36(3)4)58(82)72-48(34-40-19-13-10-14-20-40)62(86)74-28-16-22-50(74)60(84)69-45(31-37(5)6)55(79)65-41(53(77)67-43)23-25-51(63)75/h9-14,17-20,35-38,41-50H,15-16,21-34H2,1-8H3,(H2,63,75)(H2,64,76)(H,65,79)(H,66,80)(H,67,77)(H,68,78)(H,69,84)(H,70,83)(H,71,81)(H,72,82)/t41-,42-,43-,44-,45-,46-,47-,48-,49-,50-/m0/s1. The van der Waals surface area contributed by atoms with Crippen LogP contribution in [-0.2, 0) is 70.4 Å². The van der Waals surface area contributed by atoms with Crippen molar-refractivity contribution in [3.8, 4) is 0 Å². The van der Waals surface area contributed by atoms with Crippen LogP contribution in [0.25, 0.3) is 0 Å². The zero-order valence-electron chi connectivity index (χ0n) is 51.1. The van der Waals surface area contributed by atoms with Crippen molar-refractivity contribution in [3.05, 3.63) is 71.8 Å². The summed E-state index contributed by atoms with van der Waals surface area (Å²) in [5.74, 6) is -9.83. The third kappa shape index (κ3) is 21.2. The Balaban J connectivity index is 1.62. The molecule has 10 atom stereocenters. The van der Waals surface area contributed by atoms with Crippen LogP contribution in [0, 0.1) is 23.7 Å². The number of carbonyl (C=O) groups excluding carboxylic acids is 12. The number of nitrogens with zero attached hydrogens (tertiary/aromatic N) is 2. The van der Waals surface area contributed by atoms with Crippen LogP contribution in [0.3, 0.4) is 0 Å². The number of fused-ring (bicyclic) bond motifs is 2. The van der Waals surface area contributed by atoms with E-state index in [2.05, 4.69) is 42.5 Å². The van der Waals surface area contributed by atoms with Crippen LogP contribution in [0.4, 0.5) is 0 Å². The molecule has 0 aliphatic carbocycles. The minimum atomic E-state index is -1.46. The molecule has 2 aromatic rings. The second-order valence-corrected chi connectivity index (χ2v) is 24.8. The summed E-state index contributed by atoms with van der Waals surface area (Å²) in [5, 5.41) is 22.2. The summed E-state index contributed by atoms with van der Waals surface area (Å²) < 4.78 is 0. The highest BCUT2D eigenvalue weighted by Gasteiger charge is 2.43. The monoisotopic (exact) mass is 1200 g/mol. The van der Waals surface area contributed by atoms with E-state index in [1.165, 1.54) is 9.80 Å². The van der Waals surface area contributed by atoms with Gasteiger partial charge in [0, 0.05) is 38.8 Å². The van der Waals surface area contributed by atoms with Crippen LogP contribution in [0.2, 0.25) is 0 Å². The molecule has 472 valence electrons. The summed E-state index contributed by atoms with van der Waals surface area (Å²) in [7, 11) is 0. The van der Waals surface area contributed by atoms with Crippen LogP contribution in [0.15, 0.2) is 60.7 Å². The molecule has 12 amide bonds. The van der Waals surface area contributed by atoms with Crippen LogP contribution >= 0.6 is 0 Å². The van der Waals surface area contributed by atoms with Gasteiger partial charge in [0.2, 0.25) is 70.9 Å². The SMILES string of the molecule is CC(C)C[C@@H]1NC(=O)[C@H](CCC(N)=O)NC(=O)[C@H](CC(C)C)NC(=O)[C@@H]2CCCN2C(=O)[C@H](Cc2ccccc2)NC(=O)[C@H](CC(C)C)NC(=O)[C@H](CCC(N)=O)NC(=O)[C@H](CC(C)C)NC(=O)[C@@H]2CCCN2C(=O)[C@H](Cc2ccccc2)NC1=O. The first-order valence-corrected chi connectivity index (χ1v) is 30.4. The van der Waals surface area contributed by atoms with E-state index in [1.807, 2.05) is 55.4 Å². The van der Waals surface area contributed by atoms with E-state index in [0.717, 1.165) is 0 Å². The molecular formula is C62H92N12O12. The maximum atomic E-state index is 15.0. The molecule has 3 aliphatic rings. The van der Waals surface area contributed by atoms with Gasteiger partial charge in [0.05, 0.1) is 0 Å². The molecule has 3 saturated heterocycles. The molecule has 5 rings (SSSR count). The molecule has 0 radical (unpaired) electrons. The molecule has 2 aromatic carbocycles. The molecule has 12 N–H and O–H groups in total. The van der Waals surface area contributed by atoms with E-state index < -0.39 is 131 Å². The Labute approximate surface area is 504 Å². The molecule has 0 saturated carbocycles. The number of rotatable bonds is 18. The van der Waals surface area contributed by atoms with E-state index in [-0.39, 0.29) is 114 Å². The topological polar surface area (TPSA) is 360 Å². The summed E-state index contributed by atoms with van der Waals surface area (Å²) in [6, 6.07) is 4.74. The number of hydrogen-bond donors (Lipinski definition) is 10. The maximum Gasteiger partial charge on any atom is 0.246 e. The van der Waals surface area contributed by atoms with Crippen molar-refractivity contribution in [2.75, 3.05) is 13.1 Å². The smallest absolute Gasteiger partial charge is 0.246 e. The predicted octanol–water partition coefficient (Wildman–Crippen LogP) is 1.06. The first kappa shape index (κ1) is 68.9. The second kappa shape index (κ2) is 33.1. The van der Waals surface area contributed by atoms with Gasteiger partial charge in [-0.3, -0.25) is 57.5 Å². The number of hydrogen-bond acceptors (Lipinski definition) is 12. The van der Waals surface area contributed by atoms with Gasteiger partial charge in [-0.05, 0) is 99.0 Å². The molecule has 0 unspecified atom stereocenters. The molecule has 3 heterocycles. The Hall–Kier alpha value is -7.92. The fraction of sp³-hybridized carbons (Fsp3) is 0.613. The van der Waals surface area contributed by atoms with Crippen molar-refractivity contribution in [1.82, 2.24) is 52.3 Å². The van der Waals surface area contributed by atoms with Crippen molar-refractivity contribution < 1.29 is 57.5 Å². The average Bonchev–Trinajstić information content (AvgIpc) is 3.73. The van der Waals surface area contributed by atoms with Crippen molar-refractivity contribution >= 4 is 70.9 Å².